The van der Waals surface area contributed by atoms with Crippen molar-refractivity contribution < 1.29 is 9.47 Å². The molecule has 1 atom stereocenters. The van der Waals surface area contributed by atoms with Crippen LogP contribution >= 0.6 is 0 Å². The average Bonchev–Trinajstić information content (AvgIpc) is 2.32. The minimum absolute atomic E-state index is 0.128. The lowest BCUT2D eigenvalue weighted by Crippen LogP contribution is -2.40. The van der Waals surface area contributed by atoms with Gasteiger partial charge in [0.25, 0.3) is 0 Å². The van der Waals surface area contributed by atoms with Gasteiger partial charge in [0.2, 0.25) is 0 Å². The van der Waals surface area contributed by atoms with Crippen LogP contribution in [0.3, 0.4) is 0 Å². The molecule has 18 heavy (non-hydrogen) atoms. The van der Waals surface area contributed by atoms with Crippen LogP contribution in [0.15, 0.2) is 18.2 Å². The Hall–Kier alpha value is -0.940. The van der Waals surface area contributed by atoms with Crippen molar-refractivity contribution in [2.45, 2.75) is 26.3 Å². The van der Waals surface area contributed by atoms with Gasteiger partial charge in [-0.3, -0.25) is 11.3 Å². The molecule has 0 heterocycles. The Morgan fingerprint density at radius 2 is 1.83 bits per heavy atom. The molecule has 3 N–H and O–H groups in total. The molecule has 1 aromatic carbocycles. The first-order valence-electron chi connectivity index (χ1n) is 6.25. The van der Waals surface area contributed by atoms with E-state index in [0.29, 0.717) is 19.8 Å². The zero-order valence-corrected chi connectivity index (χ0v) is 11.5. The van der Waals surface area contributed by atoms with Gasteiger partial charge in [-0.25, -0.2) is 0 Å². The van der Waals surface area contributed by atoms with Crippen LogP contribution in [0.4, 0.5) is 0 Å². The third-order valence-electron chi connectivity index (χ3n) is 2.75. The predicted molar refractivity (Wildman–Crippen MR) is 73.4 cm³/mol. The summed E-state index contributed by atoms with van der Waals surface area (Å²) in [5, 5.41) is 0. The number of rotatable bonds is 8. The molecule has 1 rings (SSSR count). The summed E-state index contributed by atoms with van der Waals surface area (Å²) in [5.41, 5.74) is 6.64. The molecule has 0 aliphatic rings. The molecule has 1 unspecified atom stereocenters. The Labute approximate surface area is 109 Å². The number of hydrogen-bond donors (Lipinski definition) is 2. The number of ether oxygens (including phenoxy) is 2. The fourth-order valence-corrected chi connectivity index (χ4v) is 2.01. The molecular weight excluding hydrogens is 228 g/mol. The number of methoxy groups -OCH3 is 1. The molecule has 0 saturated carbocycles. The second kappa shape index (κ2) is 8.21. The SMILES string of the molecule is COCCOCC(Cc1cc(C)cc(C)c1)NN. The lowest BCUT2D eigenvalue weighted by atomic mass is 10.0. The van der Waals surface area contributed by atoms with E-state index in [2.05, 4.69) is 37.5 Å². The minimum Gasteiger partial charge on any atom is -0.382 e. The zero-order valence-electron chi connectivity index (χ0n) is 11.5. The smallest absolute Gasteiger partial charge is 0.0701 e. The summed E-state index contributed by atoms with van der Waals surface area (Å²) in [4.78, 5) is 0. The summed E-state index contributed by atoms with van der Waals surface area (Å²) in [6.45, 7) is 6.02. The second-order valence-electron chi connectivity index (χ2n) is 4.63. The van der Waals surface area contributed by atoms with Crippen molar-refractivity contribution in [1.29, 1.82) is 0 Å². The maximum atomic E-state index is 5.55. The molecule has 0 bridgehead atoms. The monoisotopic (exact) mass is 252 g/mol. The third kappa shape index (κ3) is 5.60. The highest BCUT2D eigenvalue weighted by Crippen LogP contribution is 2.11. The van der Waals surface area contributed by atoms with Gasteiger partial charge in [-0.1, -0.05) is 29.3 Å². The lowest BCUT2D eigenvalue weighted by molar-refractivity contribution is 0.0587. The van der Waals surface area contributed by atoms with E-state index < -0.39 is 0 Å². The first-order chi connectivity index (χ1) is 8.65. The van der Waals surface area contributed by atoms with Crippen LogP contribution in [-0.2, 0) is 15.9 Å². The van der Waals surface area contributed by atoms with Crippen molar-refractivity contribution >= 4 is 0 Å². The number of nitrogens with one attached hydrogen (secondary N) is 1. The largest absolute Gasteiger partial charge is 0.382 e. The fourth-order valence-electron chi connectivity index (χ4n) is 2.01. The molecule has 0 fully saturated rings. The Balaban J connectivity index is 2.46. The van der Waals surface area contributed by atoms with E-state index in [0.717, 1.165) is 6.42 Å². The first kappa shape index (κ1) is 15.1. The second-order valence-corrected chi connectivity index (χ2v) is 4.63. The van der Waals surface area contributed by atoms with E-state index in [-0.39, 0.29) is 6.04 Å². The lowest BCUT2D eigenvalue weighted by Gasteiger charge is -2.16. The van der Waals surface area contributed by atoms with Gasteiger partial charge in [-0.05, 0) is 25.8 Å². The summed E-state index contributed by atoms with van der Waals surface area (Å²) in [7, 11) is 1.66. The zero-order chi connectivity index (χ0) is 13.4. The minimum atomic E-state index is 0.128. The van der Waals surface area contributed by atoms with Gasteiger partial charge in [-0.15, -0.1) is 0 Å². The maximum Gasteiger partial charge on any atom is 0.0701 e. The molecule has 4 heteroatoms. The van der Waals surface area contributed by atoms with Gasteiger partial charge in [0.15, 0.2) is 0 Å². The molecule has 1 aromatic rings. The Bertz CT molecular complexity index is 335. The van der Waals surface area contributed by atoms with Gasteiger partial charge < -0.3 is 9.47 Å². The van der Waals surface area contributed by atoms with Gasteiger partial charge in [0.05, 0.1) is 19.8 Å². The number of nitrogens with two attached hydrogens (primary N) is 1. The topological polar surface area (TPSA) is 56.5 Å². The van der Waals surface area contributed by atoms with E-state index in [4.69, 9.17) is 15.3 Å². The highest BCUT2D eigenvalue weighted by molar-refractivity contribution is 5.29. The van der Waals surface area contributed by atoms with Crippen LogP contribution in [0, 0.1) is 13.8 Å². The Morgan fingerprint density at radius 3 is 2.39 bits per heavy atom. The molecule has 0 spiro atoms. The molecule has 0 aromatic heterocycles. The highest BCUT2D eigenvalue weighted by atomic mass is 16.5. The van der Waals surface area contributed by atoms with Crippen molar-refractivity contribution in [1.82, 2.24) is 5.43 Å². The number of hydrazine groups is 1. The van der Waals surface area contributed by atoms with Crippen molar-refractivity contribution in [2.75, 3.05) is 26.9 Å². The Morgan fingerprint density at radius 1 is 1.17 bits per heavy atom. The Kier molecular flexibility index (Phi) is 6.90. The molecule has 0 saturated heterocycles. The first-order valence-corrected chi connectivity index (χ1v) is 6.25. The number of benzene rings is 1. The molecule has 0 aliphatic carbocycles. The van der Waals surface area contributed by atoms with Crippen molar-refractivity contribution in [3.63, 3.8) is 0 Å². The van der Waals surface area contributed by atoms with E-state index in [1.165, 1.54) is 16.7 Å². The summed E-state index contributed by atoms with van der Waals surface area (Å²) in [5.74, 6) is 5.55. The van der Waals surface area contributed by atoms with Crippen molar-refractivity contribution in [3.8, 4) is 0 Å². The number of aryl methyl sites for hydroxylation is 2. The summed E-state index contributed by atoms with van der Waals surface area (Å²) in [6, 6.07) is 6.67. The van der Waals surface area contributed by atoms with E-state index in [1.807, 2.05) is 0 Å². The molecule has 0 amide bonds. The van der Waals surface area contributed by atoms with Gasteiger partial charge >= 0.3 is 0 Å². The van der Waals surface area contributed by atoms with Gasteiger partial charge in [-0.2, -0.15) is 0 Å². The number of hydrogen-bond acceptors (Lipinski definition) is 4. The molecule has 4 nitrogen and oxygen atoms in total. The fraction of sp³-hybridized carbons (Fsp3) is 0.571. The summed E-state index contributed by atoms with van der Waals surface area (Å²) >= 11 is 0. The van der Waals surface area contributed by atoms with E-state index in [1.54, 1.807) is 7.11 Å². The predicted octanol–water partition coefficient (Wildman–Crippen LogP) is 1.34. The molecule has 0 radical (unpaired) electrons. The van der Waals surface area contributed by atoms with Crippen LogP contribution < -0.4 is 11.3 Å². The molecule has 0 aliphatic heterocycles. The van der Waals surface area contributed by atoms with E-state index in [9.17, 15) is 0 Å². The van der Waals surface area contributed by atoms with Crippen LogP contribution in [-0.4, -0.2) is 33.0 Å². The normalized spacial score (nSPS) is 12.7. The van der Waals surface area contributed by atoms with Crippen LogP contribution in [0.5, 0.6) is 0 Å². The van der Waals surface area contributed by atoms with Crippen LogP contribution in [0.2, 0.25) is 0 Å². The van der Waals surface area contributed by atoms with Crippen LogP contribution in [0.25, 0.3) is 0 Å². The third-order valence-corrected chi connectivity index (χ3v) is 2.75. The highest BCUT2D eigenvalue weighted by Gasteiger charge is 2.08. The maximum absolute atomic E-state index is 5.55. The average molecular weight is 252 g/mol. The molecular formula is C14H24N2O2. The molecule has 102 valence electrons. The quantitative estimate of drug-likeness (QED) is 0.416. The van der Waals surface area contributed by atoms with Gasteiger partial charge in [0, 0.05) is 13.2 Å². The van der Waals surface area contributed by atoms with Gasteiger partial charge in [0.1, 0.15) is 0 Å². The van der Waals surface area contributed by atoms with E-state index >= 15 is 0 Å². The van der Waals surface area contributed by atoms with Crippen LogP contribution in [0.1, 0.15) is 16.7 Å². The standard InChI is InChI=1S/C14H24N2O2/c1-11-6-12(2)8-13(7-11)9-14(16-15)10-18-5-4-17-3/h6-8,14,16H,4-5,9-10,15H2,1-3H3. The van der Waals surface area contributed by atoms with Crippen molar-refractivity contribution in [3.05, 3.63) is 34.9 Å². The van der Waals surface area contributed by atoms with Crippen molar-refractivity contribution in [2.24, 2.45) is 5.84 Å². The summed E-state index contributed by atoms with van der Waals surface area (Å²) in [6.07, 6.45) is 0.867. The summed E-state index contributed by atoms with van der Waals surface area (Å²) < 4.78 is 10.4.